The Morgan fingerprint density at radius 1 is 1.19 bits per heavy atom. The van der Waals surface area contributed by atoms with Crippen molar-refractivity contribution in [3.63, 3.8) is 0 Å². The van der Waals surface area contributed by atoms with Gasteiger partial charge in [-0.2, -0.15) is 0 Å². The van der Waals surface area contributed by atoms with Gasteiger partial charge < -0.3 is 10.1 Å². The first-order chi connectivity index (χ1) is 12.2. The number of aryl methyl sites for hydroxylation is 1. The number of amides is 1. The molecule has 7 nitrogen and oxygen atoms in total. The Bertz CT molecular complexity index is 851. The van der Waals surface area contributed by atoms with E-state index < -0.39 is 10.0 Å². The van der Waals surface area contributed by atoms with Crippen molar-refractivity contribution in [3.05, 3.63) is 54.1 Å². The molecule has 0 aliphatic heterocycles. The summed E-state index contributed by atoms with van der Waals surface area (Å²) in [7, 11) is -1.92. The predicted octanol–water partition coefficient (Wildman–Crippen LogP) is 1.59. The standard InChI is InChI=1S/C18H23N3O4S/c1-14-4-3-5-16(12-14)25-11-10-21(2)13-18(22)20-15-6-8-17(9-7-15)26(19,23)24/h3-9,12H,10-11,13H2,1-2H3,(H,20,22)(H2,19,23,24). The van der Waals surface area contributed by atoms with E-state index in [-0.39, 0.29) is 17.3 Å². The number of hydrogen-bond acceptors (Lipinski definition) is 5. The molecule has 0 saturated heterocycles. The molecule has 140 valence electrons. The molecule has 0 aliphatic carbocycles. The molecule has 0 atom stereocenters. The van der Waals surface area contributed by atoms with Crippen LogP contribution in [0.3, 0.4) is 0 Å². The molecule has 0 spiro atoms. The smallest absolute Gasteiger partial charge is 0.238 e. The van der Waals surface area contributed by atoms with Crippen LogP contribution in [0.15, 0.2) is 53.4 Å². The van der Waals surface area contributed by atoms with E-state index in [0.717, 1.165) is 11.3 Å². The summed E-state index contributed by atoms with van der Waals surface area (Å²) in [5.41, 5.74) is 1.63. The lowest BCUT2D eigenvalue weighted by Crippen LogP contribution is -2.33. The Kier molecular flexibility index (Phi) is 6.73. The van der Waals surface area contributed by atoms with Crippen molar-refractivity contribution >= 4 is 21.6 Å². The molecule has 0 heterocycles. The van der Waals surface area contributed by atoms with Crippen molar-refractivity contribution < 1.29 is 17.9 Å². The van der Waals surface area contributed by atoms with Crippen LogP contribution in [0.5, 0.6) is 5.75 Å². The van der Waals surface area contributed by atoms with Crippen LogP contribution in [-0.4, -0.2) is 46.0 Å². The molecular weight excluding hydrogens is 354 g/mol. The molecule has 3 N–H and O–H groups in total. The average molecular weight is 377 g/mol. The van der Waals surface area contributed by atoms with Crippen molar-refractivity contribution in [1.29, 1.82) is 0 Å². The predicted molar refractivity (Wildman–Crippen MR) is 101 cm³/mol. The van der Waals surface area contributed by atoms with Crippen molar-refractivity contribution in [1.82, 2.24) is 4.90 Å². The molecule has 26 heavy (non-hydrogen) atoms. The average Bonchev–Trinajstić information content (AvgIpc) is 2.54. The highest BCUT2D eigenvalue weighted by atomic mass is 32.2. The lowest BCUT2D eigenvalue weighted by molar-refractivity contribution is -0.117. The summed E-state index contributed by atoms with van der Waals surface area (Å²) < 4.78 is 28.1. The molecule has 0 saturated carbocycles. The maximum atomic E-state index is 12.0. The van der Waals surface area contributed by atoms with Crippen LogP contribution in [0, 0.1) is 6.92 Å². The van der Waals surface area contributed by atoms with Gasteiger partial charge in [0.05, 0.1) is 11.4 Å². The number of carbonyl (C=O) groups is 1. The third-order valence-corrected chi connectivity index (χ3v) is 4.54. The van der Waals surface area contributed by atoms with Crippen LogP contribution in [0.25, 0.3) is 0 Å². The summed E-state index contributed by atoms with van der Waals surface area (Å²) >= 11 is 0. The van der Waals surface area contributed by atoms with Crippen LogP contribution < -0.4 is 15.2 Å². The normalized spacial score (nSPS) is 11.4. The van der Waals surface area contributed by atoms with E-state index in [0.29, 0.717) is 18.8 Å². The van der Waals surface area contributed by atoms with E-state index >= 15 is 0 Å². The van der Waals surface area contributed by atoms with Gasteiger partial charge in [0.25, 0.3) is 0 Å². The minimum absolute atomic E-state index is 0.000847. The number of benzene rings is 2. The maximum Gasteiger partial charge on any atom is 0.238 e. The monoisotopic (exact) mass is 377 g/mol. The maximum absolute atomic E-state index is 12.0. The Morgan fingerprint density at radius 2 is 1.88 bits per heavy atom. The van der Waals surface area contributed by atoms with Gasteiger partial charge in [-0.1, -0.05) is 12.1 Å². The first-order valence-corrected chi connectivity index (χ1v) is 9.59. The highest BCUT2D eigenvalue weighted by molar-refractivity contribution is 7.89. The second-order valence-electron chi connectivity index (χ2n) is 6.02. The minimum Gasteiger partial charge on any atom is -0.492 e. The van der Waals surface area contributed by atoms with Crippen LogP contribution in [0.4, 0.5) is 5.69 Å². The summed E-state index contributed by atoms with van der Waals surface area (Å²) in [5.74, 6) is 0.601. The van der Waals surface area contributed by atoms with Crippen LogP contribution >= 0.6 is 0 Å². The number of rotatable bonds is 8. The van der Waals surface area contributed by atoms with Gasteiger partial charge in [-0.05, 0) is 55.9 Å². The molecule has 8 heteroatoms. The van der Waals surface area contributed by atoms with Gasteiger partial charge in [-0.15, -0.1) is 0 Å². The number of likely N-dealkylation sites (N-methyl/N-ethyl adjacent to an activating group) is 1. The molecule has 2 rings (SSSR count). The highest BCUT2D eigenvalue weighted by Crippen LogP contribution is 2.13. The molecule has 1 amide bonds. The Hall–Kier alpha value is -2.42. The zero-order valence-electron chi connectivity index (χ0n) is 14.8. The Morgan fingerprint density at radius 3 is 2.50 bits per heavy atom. The molecule has 0 radical (unpaired) electrons. The number of sulfonamides is 1. The van der Waals surface area contributed by atoms with E-state index in [1.807, 2.05) is 43.1 Å². The molecule has 0 aliphatic rings. The summed E-state index contributed by atoms with van der Waals surface area (Å²) in [6.07, 6.45) is 0. The minimum atomic E-state index is -3.74. The zero-order valence-corrected chi connectivity index (χ0v) is 15.6. The number of nitrogens with two attached hydrogens (primary N) is 1. The lowest BCUT2D eigenvalue weighted by Gasteiger charge is -2.17. The number of hydrogen-bond donors (Lipinski definition) is 2. The number of nitrogens with one attached hydrogen (secondary N) is 1. The topological polar surface area (TPSA) is 102 Å². The van der Waals surface area contributed by atoms with Gasteiger partial charge in [-0.3, -0.25) is 9.69 Å². The molecule has 2 aromatic rings. The fraction of sp³-hybridized carbons (Fsp3) is 0.278. The second-order valence-corrected chi connectivity index (χ2v) is 7.58. The number of primary sulfonamides is 1. The molecule has 0 aromatic heterocycles. The second kappa shape index (κ2) is 8.79. The number of nitrogens with zero attached hydrogens (tertiary/aromatic N) is 1. The quantitative estimate of drug-likeness (QED) is 0.727. The van der Waals surface area contributed by atoms with Crippen LogP contribution in [0.2, 0.25) is 0 Å². The van der Waals surface area contributed by atoms with Crippen molar-refractivity contribution in [3.8, 4) is 5.75 Å². The van der Waals surface area contributed by atoms with E-state index in [1.165, 1.54) is 24.3 Å². The molecular formula is C18H23N3O4S. The van der Waals surface area contributed by atoms with Crippen LogP contribution in [-0.2, 0) is 14.8 Å². The number of carbonyl (C=O) groups excluding carboxylic acids is 1. The summed E-state index contributed by atoms with van der Waals surface area (Å²) in [6.45, 7) is 3.24. The van der Waals surface area contributed by atoms with E-state index in [2.05, 4.69) is 5.32 Å². The summed E-state index contributed by atoms with van der Waals surface area (Å²) in [4.78, 5) is 13.9. The van der Waals surface area contributed by atoms with Crippen molar-refractivity contribution in [2.24, 2.45) is 5.14 Å². The van der Waals surface area contributed by atoms with Gasteiger partial charge in [0.2, 0.25) is 15.9 Å². The number of anilines is 1. The van der Waals surface area contributed by atoms with Gasteiger partial charge in [-0.25, -0.2) is 13.6 Å². The first kappa shape index (κ1) is 19.9. The Labute approximate surface area is 153 Å². The van der Waals surface area contributed by atoms with Crippen LogP contribution in [0.1, 0.15) is 5.56 Å². The van der Waals surface area contributed by atoms with E-state index in [1.54, 1.807) is 0 Å². The van der Waals surface area contributed by atoms with Crippen molar-refractivity contribution in [2.75, 3.05) is 32.1 Å². The third kappa shape index (κ3) is 6.47. The summed E-state index contributed by atoms with van der Waals surface area (Å²) in [6, 6.07) is 13.5. The first-order valence-electron chi connectivity index (χ1n) is 8.05. The largest absolute Gasteiger partial charge is 0.492 e. The van der Waals surface area contributed by atoms with Gasteiger partial charge in [0.1, 0.15) is 12.4 Å². The molecule has 0 fully saturated rings. The van der Waals surface area contributed by atoms with Crippen molar-refractivity contribution in [2.45, 2.75) is 11.8 Å². The third-order valence-electron chi connectivity index (χ3n) is 3.61. The fourth-order valence-electron chi connectivity index (χ4n) is 2.28. The summed E-state index contributed by atoms with van der Waals surface area (Å²) in [5, 5.41) is 7.75. The van der Waals surface area contributed by atoms with E-state index in [4.69, 9.17) is 9.88 Å². The number of ether oxygens (including phenoxy) is 1. The SMILES string of the molecule is Cc1cccc(OCCN(C)CC(=O)Nc2ccc(S(N)(=O)=O)cc2)c1. The lowest BCUT2D eigenvalue weighted by atomic mass is 10.2. The fourth-order valence-corrected chi connectivity index (χ4v) is 2.79. The Balaban J connectivity index is 1.76. The molecule has 0 unspecified atom stereocenters. The zero-order chi connectivity index (χ0) is 19.2. The van der Waals surface area contributed by atoms with E-state index in [9.17, 15) is 13.2 Å². The van der Waals surface area contributed by atoms with Gasteiger partial charge in [0, 0.05) is 12.2 Å². The van der Waals surface area contributed by atoms with Gasteiger partial charge in [0.15, 0.2) is 0 Å². The molecule has 2 aromatic carbocycles. The molecule has 0 bridgehead atoms. The van der Waals surface area contributed by atoms with Gasteiger partial charge >= 0.3 is 0 Å². The highest BCUT2D eigenvalue weighted by Gasteiger charge is 2.10.